The molecule has 0 spiro atoms. The van der Waals surface area contributed by atoms with E-state index in [0.29, 0.717) is 25.0 Å². The number of nitrogens with one attached hydrogen (secondary N) is 2. The van der Waals surface area contributed by atoms with Crippen molar-refractivity contribution in [1.82, 2.24) is 15.5 Å². The Morgan fingerprint density at radius 1 is 1.27 bits per heavy atom. The lowest BCUT2D eigenvalue weighted by Crippen LogP contribution is -2.45. The average molecular weight is 551 g/mol. The fourth-order valence-electron chi connectivity index (χ4n) is 3.59. The van der Waals surface area contributed by atoms with E-state index in [0.717, 1.165) is 32.0 Å². The molecule has 0 aliphatic carbocycles. The van der Waals surface area contributed by atoms with Crippen LogP contribution in [-0.4, -0.2) is 63.0 Å². The molecule has 8 heteroatoms. The first kappa shape index (κ1) is 27.2. The van der Waals surface area contributed by atoms with E-state index in [1.807, 2.05) is 0 Å². The second-order valence-electron chi connectivity index (χ2n) is 9.08. The molecule has 1 aliphatic heterocycles. The molecule has 172 valence electrons. The smallest absolute Gasteiger partial charge is 0.191 e. The van der Waals surface area contributed by atoms with Crippen LogP contribution in [-0.2, 0) is 16.4 Å². The number of nitrogens with zero attached hydrogens (tertiary/aromatic N) is 2. The van der Waals surface area contributed by atoms with Crippen molar-refractivity contribution in [3.8, 4) is 0 Å². The van der Waals surface area contributed by atoms with Crippen molar-refractivity contribution >= 4 is 39.8 Å². The summed E-state index contributed by atoms with van der Waals surface area (Å²) >= 11 is 0. The summed E-state index contributed by atoms with van der Waals surface area (Å²) < 4.78 is 23.0. The van der Waals surface area contributed by atoms with Gasteiger partial charge in [-0.3, -0.25) is 9.89 Å². The third-order valence-electron chi connectivity index (χ3n) is 5.43. The van der Waals surface area contributed by atoms with Gasteiger partial charge in [-0.05, 0) is 37.7 Å². The topological polar surface area (TPSA) is 73.8 Å². The summed E-state index contributed by atoms with van der Waals surface area (Å²) in [6.07, 6.45) is 2.98. The number of guanidine groups is 1. The standard InChI is InChI=1S/C22H38N4O2S.HI/c1-6-23-21(24-17-22(3,4)12-13-29(5,27)28)25-20-14-18(2)26(16-20)15-19-10-8-7-9-11-19;/h7-11,18,20H,6,12-17H2,1-5H3,(H2,23,24,25);1H. The Balaban J connectivity index is 0.00000450. The number of halogens is 1. The molecule has 1 aromatic carbocycles. The van der Waals surface area contributed by atoms with E-state index >= 15 is 0 Å². The van der Waals surface area contributed by atoms with Gasteiger partial charge in [0.2, 0.25) is 0 Å². The van der Waals surface area contributed by atoms with Crippen LogP contribution in [0.3, 0.4) is 0 Å². The molecule has 1 saturated heterocycles. The second-order valence-corrected chi connectivity index (χ2v) is 11.3. The monoisotopic (exact) mass is 550 g/mol. The summed E-state index contributed by atoms with van der Waals surface area (Å²) in [5.74, 6) is 1.02. The van der Waals surface area contributed by atoms with Crippen molar-refractivity contribution in [2.45, 2.75) is 59.2 Å². The lowest BCUT2D eigenvalue weighted by molar-refractivity contribution is 0.258. The van der Waals surface area contributed by atoms with Crippen molar-refractivity contribution in [3.63, 3.8) is 0 Å². The first-order valence-corrected chi connectivity index (χ1v) is 12.6. The summed E-state index contributed by atoms with van der Waals surface area (Å²) in [6.45, 7) is 11.8. The van der Waals surface area contributed by atoms with Gasteiger partial charge in [0, 0.05) is 44.5 Å². The molecule has 1 fully saturated rings. The van der Waals surface area contributed by atoms with Crippen LogP contribution < -0.4 is 10.6 Å². The van der Waals surface area contributed by atoms with E-state index in [-0.39, 0.29) is 35.1 Å². The van der Waals surface area contributed by atoms with Gasteiger partial charge in [0.05, 0.1) is 5.75 Å². The minimum Gasteiger partial charge on any atom is -0.357 e. The van der Waals surface area contributed by atoms with Gasteiger partial charge < -0.3 is 10.6 Å². The molecule has 0 radical (unpaired) electrons. The normalized spacial score (nSPS) is 20.6. The molecule has 2 unspecified atom stereocenters. The highest BCUT2D eigenvalue weighted by atomic mass is 127. The Hall–Kier alpha value is -0.870. The van der Waals surface area contributed by atoms with Crippen LogP contribution in [0.4, 0.5) is 0 Å². The first-order valence-electron chi connectivity index (χ1n) is 10.6. The van der Waals surface area contributed by atoms with Gasteiger partial charge in [0.25, 0.3) is 0 Å². The molecule has 0 amide bonds. The van der Waals surface area contributed by atoms with Gasteiger partial charge in [-0.25, -0.2) is 8.42 Å². The van der Waals surface area contributed by atoms with E-state index < -0.39 is 9.84 Å². The van der Waals surface area contributed by atoms with Crippen molar-refractivity contribution < 1.29 is 8.42 Å². The molecule has 1 aromatic rings. The highest BCUT2D eigenvalue weighted by Crippen LogP contribution is 2.22. The van der Waals surface area contributed by atoms with E-state index in [1.54, 1.807) is 0 Å². The summed E-state index contributed by atoms with van der Waals surface area (Å²) in [6, 6.07) is 11.5. The molecule has 1 heterocycles. The zero-order valence-electron chi connectivity index (χ0n) is 19.0. The first-order chi connectivity index (χ1) is 13.6. The largest absolute Gasteiger partial charge is 0.357 e. The molecule has 6 nitrogen and oxygen atoms in total. The van der Waals surface area contributed by atoms with E-state index in [4.69, 9.17) is 4.99 Å². The summed E-state index contributed by atoms with van der Waals surface area (Å²) in [7, 11) is -2.95. The molecule has 0 bridgehead atoms. The average Bonchev–Trinajstić information content (AvgIpc) is 2.98. The highest BCUT2D eigenvalue weighted by Gasteiger charge is 2.29. The van der Waals surface area contributed by atoms with E-state index in [2.05, 4.69) is 73.6 Å². The summed E-state index contributed by atoms with van der Waals surface area (Å²) in [4.78, 5) is 7.27. The Kier molecular flexibility index (Phi) is 11.1. The lowest BCUT2D eigenvalue weighted by atomic mass is 9.90. The second kappa shape index (κ2) is 12.2. The zero-order chi connectivity index (χ0) is 21.5. The van der Waals surface area contributed by atoms with Gasteiger partial charge >= 0.3 is 0 Å². The fraction of sp³-hybridized carbons (Fsp3) is 0.682. The van der Waals surface area contributed by atoms with Gasteiger partial charge in [-0.1, -0.05) is 44.2 Å². The van der Waals surface area contributed by atoms with Crippen LogP contribution in [0.15, 0.2) is 35.3 Å². The summed E-state index contributed by atoms with van der Waals surface area (Å²) in [5, 5.41) is 6.92. The van der Waals surface area contributed by atoms with Crippen LogP contribution in [0.1, 0.15) is 46.1 Å². The van der Waals surface area contributed by atoms with Crippen LogP contribution in [0.25, 0.3) is 0 Å². The Labute approximate surface area is 200 Å². The number of hydrogen-bond donors (Lipinski definition) is 2. The van der Waals surface area contributed by atoms with Crippen LogP contribution >= 0.6 is 24.0 Å². The van der Waals surface area contributed by atoms with E-state index in [1.165, 1.54) is 11.8 Å². The van der Waals surface area contributed by atoms with Gasteiger partial charge in [0.15, 0.2) is 5.96 Å². The molecule has 2 rings (SSSR count). The van der Waals surface area contributed by atoms with Crippen LogP contribution in [0.2, 0.25) is 0 Å². The van der Waals surface area contributed by atoms with Crippen molar-refractivity contribution in [1.29, 1.82) is 0 Å². The number of sulfone groups is 1. The molecule has 2 atom stereocenters. The minimum absolute atomic E-state index is 0. The third-order valence-corrected chi connectivity index (χ3v) is 6.38. The molecular weight excluding hydrogens is 511 g/mol. The maximum Gasteiger partial charge on any atom is 0.191 e. The number of likely N-dealkylation sites (tertiary alicyclic amines) is 1. The zero-order valence-corrected chi connectivity index (χ0v) is 22.2. The maximum absolute atomic E-state index is 11.5. The minimum atomic E-state index is -2.95. The molecule has 0 saturated carbocycles. The SMILES string of the molecule is CCNC(=NCC(C)(C)CCS(C)(=O)=O)NC1CC(C)N(Cc2ccccc2)C1.I. The van der Waals surface area contributed by atoms with Crippen molar-refractivity contribution in [2.75, 3.05) is 31.6 Å². The lowest BCUT2D eigenvalue weighted by Gasteiger charge is -2.24. The molecule has 30 heavy (non-hydrogen) atoms. The molecular formula is C22H39IN4O2S. The van der Waals surface area contributed by atoms with E-state index in [9.17, 15) is 8.42 Å². The number of hydrogen-bond acceptors (Lipinski definition) is 4. The van der Waals surface area contributed by atoms with Crippen LogP contribution in [0, 0.1) is 5.41 Å². The number of aliphatic imine (C=N–C) groups is 1. The van der Waals surface area contributed by atoms with Crippen molar-refractivity contribution in [2.24, 2.45) is 10.4 Å². The molecule has 0 aromatic heterocycles. The number of benzene rings is 1. The van der Waals surface area contributed by atoms with Gasteiger partial charge in [-0.2, -0.15) is 0 Å². The number of rotatable bonds is 9. The molecule has 2 N–H and O–H groups in total. The predicted molar refractivity (Wildman–Crippen MR) is 137 cm³/mol. The third kappa shape index (κ3) is 9.96. The maximum atomic E-state index is 11.5. The fourth-order valence-corrected chi connectivity index (χ4v) is 4.51. The highest BCUT2D eigenvalue weighted by molar-refractivity contribution is 14.0. The van der Waals surface area contributed by atoms with Crippen molar-refractivity contribution in [3.05, 3.63) is 35.9 Å². The Bertz CT molecular complexity index is 769. The Morgan fingerprint density at radius 2 is 1.93 bits per heavy atom. The van der Waals surface area contributed by atoms with Crippen LogP contribution in [0.5, 0.6) is 0 Å². The predicted octanol–water partition coefficient (Wildman–Crippen LogP) is 3.28. The van der Waals surface area contributed by atoms with Gasteiger partial charge in [-0.15, -0.1) is 24.0 Å². The summed E-state index contributed by atoms with van der Waals surface area (Å²) in [5.41, 5.74) is 1.18. The quantitative estimate of drug-likeness (QED) is 0.281. The Morgan fingerprint density at radius 3 is 2.53 bits per heavy atom. The van der Waals surface area contributed by atoms with Gasteiger partial charge in [0.1, 0.15) is 9.84 Å². The molecule has 1 aliphatic rings.